The second kappa shape index (κ2) is 4.44. The van der Waals surface area contributed by atoms with Gasteiger partial charge in [-0.3, -0.25) is 14.3 Å². The highest BCUT2D eigenvalue weighted by atomic mass is 19.2. The predicted molar refractivity (Wildman–Crippen MR) is 69.1 cm³/mol. The number of hydrogen-bond acceptors (Lipinski definition) is 7. The second-order valence-electron chi connectivity index (χ2n) is 5.24. The average molecular weight is 317 g/mol. The zero-order valence-corrected chi connectivity index (χ0v) is 11.3. The summed E-state index contributed by atoms with van der Waals surface area (Å²) in [5.41, 5.74) is 1.87. The number of hydrogen-bond donors (Lipinski definition) is 4. The number of ether oxygens (including phenoxy) is 1. The van der Waals surface area contributed by atoms with Crippen LogP contribution in [-0.4, -0.2) is 54.0 Å². The van der Waals surface area contributed by atoms with E-state index in [4.69, 9.17) is 15.6 Å². The summed E-state index contributed by atoms with van der Waals surface area (Å²) in [4.78, 5) is 21.5. The van der Waals surface area contributed by atoms with Gasteiger partial charge in [0.25, 0.3) is 11.4 Å². The zero-order valence-electron chi connectivity index (χ0n) is 11.3. The monoisotopic (exact) mass is 317 g/mol. The lowest BCUT2D eigenvalue weighted by Gasteiger charge is -2.24. The summed E-state index contributed by atoms with van der Waals surface area (Å²) in [6.45, 7) is -0.339. The lowest BCUT2D eigenvalue weighted by molar-refractivity contribution is -0.206. The maximum absolute atomic E-state index is 14.7. The molecule has 0 aromatic carbocycles. The smallest absolute Gasteiger partial charge is 0.280 e. The Labute approximate surface area is 121 Å². The minimum absolute atomic E-state index is 0.135. The molecule has 11 heteroatoms. The molecule has 2 aromatic rings. The van der Waals surface area contributed by atoms with E-state index in [9.17, 15) is 18.7 Å². The van der Waals surface area contributed by atoms with E-state index in [1.165, 1.54) is 0 Å². The SMILES string of the molecule is CC1(F)C(n2cnc3c(=O)[nH]c(N)nc32)OC(F)(CO)C1O. The van der Waals surface area contributed by atoms with E-state index in [1.54, 1.807) is 0 Å². The first-order valence-electron chi connectivity index (χ1n) is 6.27. The number of nitrogen functional groups attached to an aromatic ring is 1. The van der Waals surface area contributed by atoms with Crippen molar-refractivity contribution in [3.05, 3.63) is 16.7 Å². The topological polar surface area (TPSA) is 139 Å². The van der Waals surface area contributed by atoms with Crippen molar-refractivity contribution < 1.29 is 23.7 Å². The number of aromatic nitrogens is 4. The fraction of sp³-hybridized carbons (Fsp3) is 0.545. The van der Waals surface area contributed by atoms with Crippen LogP contribution in [0.3, 0.4) is 0 Å². The Bertz CT molecular complexity index is 790. The van der Waals surface area contributed by atoms with Gasteiger partial charge in [0.15, 0.2) is 29.2 Å². The number of H-pyrrole nitrogens is 1. The minimum atomic E-state index is -2.99. The number of aliphatic hydroxyl groups is 2. The lowest BCUT2D eigenvalue weighted by Crippen LogP contribution is -2.46. The third kappa shape index (κ3) is 1.82. The van der Waals surface area contributed by atoms with Crippen LogP contribution in [-0.2, 0) is 4.74 Å². The second-order valence-corrected chi connectivity index (χ2v) is 5.24. The molecule has 1 fully saturated rings. The first kappa shape index (κ1) is 14.8. The maximum Gasteiger partial charge on any atom is 0.280 e. The fourth-order valence-electron chi connectivity index (χ4n) is 2.49. The number of aliphatic hydroxyl groups excluding tert-OH is 2. The van der Waals surface area contributed by atoms with Crippen LogP contribution in [0.2, 0.25) is 0 Å². The van der Waals surface area contributed by atoms with Crippen molar-refractivity contribution in [3.63, 3.8) is 0 Å². The molecule has 1 aliphatic rings. The van der Waals surface area contributed by atoms with Gasteiger partial charge in [-0.25, -0.2) is 13.8 Å². The standard InChI is InChI=1S/C11H13F2N5O4/c1-10(12)7(21)11(13,2-19)22-8(10)18-3-15-4-5(18)16-9(14)17-6(4)20/h3,7-8,19,21H,2H2,1H3,(H3,14,16,17,20). The fourth-order valence-corrected chi connectivity index (χ4v) is 2.49. The Morgan fingerprint density at radius 2 is 2.27 bits per heavy atom. The van der Waals surface area contributed by atoms with Crippen molar-refractivity contribution in [1.29, 1.82) is 0 Å². The number of aromatic amines is 1. The third-order valence-corrected chi connectivity index (χ3v) is 3.65. The van der Waals surface area contributed by atoms with Crippen LogP contribution in [0.25, 0.3) is 11.2 Å². The maximum atomic E-state index is 14.7. The van der Waals surface area contributed by atoms with E-state index in [-0.39, 0.29) is 17.1 Å². The Morgan fingerprint density at radius 3 is 2.86 bits per heavy atom. The number of imidazole rings is 1. The molecule has 0 spiro atoms. The highest BCUT2D eigenvalue weighted by molar-refractivity contribution is 5.70. The Hall–Kier alpha value is -2.11. The molecule has 4 unspecified atom stereocenters. The van der Waals surface area contributed by atoms with Gasteiger partial charge in [-0.2, -0.15) is 4.98 Å². The quantitative estimate of drug-likeness (QED) is 0.556. The molecule has 1 aliphatic heterocycles. The zero-order chi connectivity index (χ0) is 16.3. The molecule has 3 heterocycles. The summed E-state index contributed by atoms with van der Waals surface area (Å²) in [5.74, 6) is -3.23. The number of fused-ring (bicyclic) bond motifs is 1. The van der Waals surface area contributed by atoms with Crippen molar-refractivity contribution >= 4 is 17.1 Å². The van der Waals surface area contributed by atoms with Crippen molar-refractivity contribution in [3.8, 4) is 0 Å². The molecule has 120 valence electrons. The van der Waals surface area contributed by atoms with Gasteiger partial charge in [0.2, 0.25) is 5.95 Å². The van der Waals surface area contributed by atoms with Crippen LogP contribution >= 0.6 is 0 Å². The van der Waals surface area contributed by atoms with Gasteiger partial charge in [0, 0.05) is 0 Å². The number of nitrogens with two attached hydrogens (primary N) is 1. The van der Waals surface area contributed by atoms with Gasteiger partial charge in [0.1, 0.15) is 6.61 Å². The van der Waals surface area contributed by atoms with Crippen LogP contribution in [0.15, 0.2) is 11.1 Å². The molecule has 0 aliphatic carbocycles. The summed E-state index contributed by atoms with van der Waals surface area (Å²) in [5, 5.41) is 18.7. The van der Waals surface area contributed by atoms with Crippen LogP contribution in [0, 0.1) is 0 Å². The number of rotatable bonds is 2. The van der Waals surface area contributed by atoms with E-state index in [0.29, 0.717) is 0 Å². The van der Waals surface area contributed by atoms with E-state index >= 15 is 0 Å². The van der Waals surface area contributed by atoms with Crippen LogP contribution in [0.1, 0.15) is 13.2 Å². The van der Waals surface area contributed by atoms with E-state index in [2.05, 4.69) is 15.0 Å². The molecule has 0 bridgehead atoms. The Morgan fingerprint density at radius 1 is 1.59 bits per heavy atom. The molecular weight excluding hydrogens is 304 g/mol. The van der Waals surface area contributed by atoms with E-state index < -0.39 is 36.0 Å². The van der Waals surface area contributed by atoms with Crippen molar-refractivity contribution in [2.45, 2.75) is 30.8 Å². The van der Waals surface area contributed by atoms with Gasteiger partial charge in [-0.05, 0) is 6.92 Å². The lowest BCUT2D eigenvalue weighted by atomic mass is 9.97. The molecule has 2 aromatic heterocycles. The van der Waals surface area contributed by atoms with Gasteiger partial charge < -0.3 is 20.7 Å². The predicted octanol–water partition coefficient (Wildman–Crippen LogP) is -1.02. The number of nitrogens with one attached hydrogen (secondary N) is 1. The van der Waals surface area contributed by atoms with E-state index in [1.807, 2.05) is 0 Å². The Balaban J connectivity index is 2.18. The number of nitrogens with zero attached hydrogens (tertiary/aromatic N) is 3. The average Bonchev–Trinajstić information content (AvgIpc) is 2.93. The number of halogens is 2. The Kier molecular flexibility index (Phi) is 2.99. The first-order chi connectivity index (χ1) is 10.2. The highest BCUT2D eigenvalue weighted by Gasteiger charge is 2.64. The summed E-state index contributed by atoms with van der Waals surface area (Å²) in [7, 11) is 0. The van der Waals surface area contributed by atoms with Crippen LogP contribution in [0.5, 0.6) is 0 Å². The summed E-state index contributed by atoms with van der Waals surface area (Å²) in [6, 6.07) is 0. The highest BCUT2D eigenvalue weighted by Crippen LogP contribution is 2.47. The first-order valence-corrected chi connectivity index (χ1v) is 6.27. The van der Waals surface area contributed by atoms with Gasteiger partial charge in [0.05, 0.1) is 6.33 Å². The summed E-state index contributed by atoms with van der Waals surface area (Å²) < 4.78 is 34.7. The van der Waals surface area contributed by atoms with Crippen molar-refractivity contribution in [2.75, 3.05) is 12.3 Å². The number of anilines is 1. The van der Waals surface area contributed by atoms with Crippen molar-refractivity contribution in [1.82, 2.24) is 19.5 Å². The third-order valence-electron chi connectivity index (χ3n) is 3.65. The molecule has 0 radical (unpaired) electrons. The van der Waals surface area contributed by atoms with Crippen LogP contribution < -0.4 is 11.3 Å². The van der Waals surface area contributed by atoms with Crippen LogP contribution in [0.4, 0.5) is 14.7 Å². The molecule has 3 rings (SSSR count). The van der Waals surface area contributed by atoms with Crippen molar-refractivity contribution in [2.24, 2.45) is 0 Å². The van der Waals surface area contributed by atoms with Gasteiger partial charge in [-0.15, -0.1) is 0 Å². The van der Waals surface area contributed by atoms with Gasteiger partial charge >= 0.3 is 0 Å². The normalized spacial score (nSPS) is 35.3. The molecule has 4 atom stereocenters. The molecule has 22 heavy (non-hydrogen) atoms. The largest absolute Gasteiger partial charge is 0.390 e. The molecule has 5 N–H and O–H groups in total. The van der Waals surface area contributed by atoms with E-state index in [0.717, 1.165) is 17.8 Å². The molecule has 1 saturated heterocycles. The van der Waals surface area contributed by atoms with Gasteiger partial charge in [-0.1, -0.05) is 0 Å². The molecule has 9 nitrogen and oxygen atoms in total. The molecule has 0 amide bonds. The molecule has 0 saturated carbocycles. The minimum Gasteiger partial charge on any atom is -0.390 e. The number of alkyl halides is 2. The molecular formula is C11H13F2N5O4. The summed E-state index contributed by atoms with van der Waals surface area (Å²) >= 11 is 0. The summed E-state index contributed by atoms with van der Waals surface area (Å²) in [6.07, 6.45) is -2.92.